The second-order valence-electron chi connectivity index (χ2n) is 8.01. The maximum absolute atomic E-state index is 12.7. The van der Waals surface area contributed by atoms with Gasteiger partial charge in [-0.1, -0.05) is 12.1 Å². The number of hydrogen-bond acceptors (Lipinski definition) is 4. The van der Waals surface area contributed by atoms with Crippen LogP contribution in [-0.2, 0) is 4.74 Å². The molecule has 1 aromatic carbocycles. The van der Waals surface area contributed by atoms with Gasteiger partial charge in [-0.25, -0.2) is 4.79 Å². The molecule has 0 radical (unpaired) electrons. The number of hydrogen-bond donors (Lipinski definition) is 0. The van der Waals surface area contributed by atoms with Gasteiger partial charge in [0.1, 0.15) is 11.4 Å². The quantitative estimate of drug-likeness (QED) is 0.750. The van der Waals surface area contributed by atoms with Gasteiger partial charge >= 0.3 is 6.09 Å². The van der Waals surface area contributed by atoms with Crippen LogP contribution in [0, 0.1) is 0 Å². The molecule has 3 rings (SSSR count). The summed E-state index contributed by atoms with van der Waals surface area (Å²) in [6.45, 7) is 5.68. The molecule has 0 aliphatic carbocycles. The van der Waals surface area contributed by atoms with E-state index in [1.54, 1.807) is 7.11 Å². The summed E-state index contributed by atoms with van der Waals surface area (Å²) >= 11 is 0. The summed E-state index contributed by atoms with van der Waals surface area (Å²) in [5, 5.41) is 0. The van der Waals surface area contributed by atoms with Crippen LogP contribution in [0.1, 0.15) is 62.4 Å². The van der Waals surface area contributed by atoms with E-state index in [0.29, 0.717) is 11.3 Å². The molecular formula is C21H27NO4. The number of nitrogens with zero attached hydrogens (tertiary/aromatic N) is 1. The van der Waals surface area contributed by atoms with Gasteiger partial charge < -0.3 is 9.47 Å². The number of piperidine rings is 1. The highest BCUT2D eigenvalue weighted by atomic mass is 16.6. The van der Waals surface area contributed by atoms with Crippen LogP contribution in [0.15, 0.2) is 24.3 Å². The van der Waals surface area contributed by atoms with Gasteiger partial charge in [-0.3, -0.25) is 9.69 Å². The van der Waals surface area contributed by atoms with E-state index >= 15 is 0 Å². The number of carbonyl (C=O) groups excluding carboxylic acids is 2. The van der Waals surface area contributed by atoms with Gasteiger partial charge in [0.15, 0.2) is 6.29 Å². The van der Waals surface area contributed by atoms with E-state index in [1.165, 1.54) is 5.57 Å². The van der Waals surface area contributed by atoms with E-state index < -0.39 is 5.60 Å². The average molecular weight is 357 g/mol. The zero-order valence-electron chi connectivity index (χ0n) is 16.0. The maximum Gasteiger partial charge on any atom is 0.411 e. The summed E-state index contributed by atoms with van der Waals surface area (Å²) in [5.74, 6) is 0.579. The molecule has 2 bridgehead atoms. The molecule has 0 saturated carbocycles. The van der Waals surface area contributed by atoms with E-state index in [2.05, 4.69) is 6.08 Å². The van der Waals surface area contributed by atoms with E-state index in [-0.39, 0.29) is 18.2 Å². The highest BCUT2D eigenvalue weighted by Gasteiger charge is 2.39. The van der Waals surface area contributed by atoms with E-state index in [1.807, 2.05) is 43.9 Å². The van der Waals surface area contributed by atoms with E-state index in [0.717, 1.165) is 37.5 Å². The van der Waals surface area contributed by atoms with Gasteiger partial charge in [0.25, 0.3) is 0 Å². The Kier molecular flexibility index (Phi) is 5.08. The molecule has 26 heavy (non-hydrogen) atoms. The lowest BCUT2D eigenvalue weighted by Gasteiger charge is -2.45. The van der Waals surface area contributed by atoms with Crippen LogP contribution in [0.5, 0.6) is 5.75 Å². The fourth-order valence-corrected chi connectivity index (χ4v) is 3.87. The van der Waals surface area contributed by atoms with Crippen LogP contribution >= 0.6 is 0 Å². The van der Waals surface area contributed by atoms with Crippen molar-refractivity contribution in [3.63, 3.8) is 0 Å². The number of aldehydes is 1. The topological polar surface area (TPSA) is 55.8 Å². The second kappa shape index (κ2) is 7.14. The van der Waals surface area contributed by atoms with Crippen molar-refractivity contribution >= 4 is 18.0 Å². The summed E-state index contributed by atoms with van der Waals surface area (Å²) in [7, 11) is 1.56. The number of ether oxygens (including phenoxy) is 2. The van der Waals surface area contributed by atoms with E-state index in [4.69, 9.17) is 9.47 Å². The molecule has 0 spiro atoms. The van der Waals surface area contributed by atoms with Crippen molar-refractivity contribution in [2.45, 2.75) is 64.1 Å². The lowest BCUT2D eigenvalue weighted by atomic mass is 9.83. The summed E-state index contributed by atoms with van der Waals surface area (Å²) in [4.78, 5) is 25.9. The molecule has 5 nitrogen and oxygen atoms in total. The zero-order valence-corrected chi connectivity index (χ0v) is 16.0. The van der Waals surface area contributed by atoms with Crippen molar-refractivity contribution in [3.05, 3.63) is 35.4 Å². The normalized spacial score (nSPS) is 22.5. The Morgan fingerprint density at radius 2 is 2.04 bits per heavy atom. The zero-order chi connectivity index (χ0) is 18.9. The fourth-order valence-electron chi connectivity index (χ4n) is 3.87. The van der Waals surface area contributed by atoms with Crippen LogP contribution in [0.4, 0.5) is 4.79 Å². The predicted molar refractivity (Wildman–Crippen MR) is 100 cm³/mol. The van der Waals surface area contributed by atoms with Crippen molar-refractivity contribution in [1.29, 1.82) is 0 Å². The molecule has 2 aliphatic heterocycles. The highest BCUT2D eigenvalue weighted by molar-refractivity contribution is 5.83. The van der Waals surface area contributed by atoms with Crippen LogP contribution < -0.4 is 4.74 Å². The Balaban J connectivity index is 1.88. The summed E-state index contributed by atoms with van der Waals surface area (Å²) in [6, 6.07) is 5.88. The molecule has 1 amide bonds. The van der Waals surface area contributed by atoms with Crippen LogP contribution in [0.2, 0.25) is 0 Å². The molecule has 2 heterocycles. The largest absolute Gasteiger partial charge is 0.496 e. The molecule has 1 fully saturated rings. The second-order valence-corrected chi connectivity index (χ2v) is 8.01. The first-order valence-corrected chi connectivity index (χ1v) is 9.18. The first-order chi connectivity index (χ1) is 12.3. The third-order valence-corrected chi connectivity index (χ3v) is 4.97. The van der Waals surface area contributed by atoms with Gasteiger partial charge in [-0.2, -0.15) is 0 Å². The predicted octanol–water partition coefficient (Wildman–Crippen LogP) is 4.45. The summed E-state index contributed by atoms with van der Waals surface area (Å²) in [6.07, 6.45) is 6.56. The molecule has 140 valence electrons. The number of rotatable bonds is 3. The molecular weight excluding hydrogens is 330 g/mol. The van der Waals surface area contributed by atoms with Gasteiger partial charge in [0, 0.05) is 6.04 Å². The van der Waals surface area contributed by atoms with Crippen molar-refractivity contribution in [2.24, 2.45) is 0 Å². The smallest absolute Gasteiger partial charge is 0.411 e. The molecule has 5 heteroatoms. The molecule has 2 unspecified atom stereocenters. The third kappa shape index (κ3) is 3.76. The molecule has 2 atom stereocenters. The standard InChI is InChI=1S/C21H27NO4/c1-21(2,3)26-20(24)22-17-6-5-7-18(22)12-15(11-17)14-8-9-19(25-4)16(10-14)13-23/h8-11,13,17-18H,5-7,12H2,1-4H3. The minimum Gasteiger partial charge on any atom is -0.496 e. The van der Waals surface area contributed by atoms with Crippen LogP contribution in [0.3, 0.4) is 0 Å². The minimum absolute atomic E-state index is 0.0501. The molecule has 0 aromatic heterocycles. The summed E-state index contributed by atoms with van der Waals surface area (Å²) < 4.78 is 10.8. The minimum atomic E-state index is -0.496. The third-order valence-electron chi connectivity index (χ3n) is 4.97. The van der Waals surface area contributed by atoms with Gasteiger partial charge in [-0.15, -0.1) is 0 Å². The Bertz CT molecular complexity index is 732. The van der Waals surface area contributed by atoms with Gasteiger partial charge in [0.2, 0.25) is 0 Å². The molecule has 1 aromatic rings. The molecule has 0 N–H and O–H groups in total. The van der Waals surface area contributed by atoms with Crippen molar-refractivity contribution in [3.8, 4) is 5.75 Å². The number of methoxy groups -OCH3 is 1. The lowest BCUT2D eigenvalue weighted by molar-refractivity contribution is 0.0000802. The molecule has 2 aliphatic rings. The first-order valence-electron chi connectivity index (χ1n) is 9.18. The Morgan fingerprint density at radius 3 is 2.65 bits per heavy atom. The van der Waals surface area contributed by atoms with Crippen molar-refractivity contribution < 1.29 is 19.1 Å². The maximum atomic E-state index is 12.7. The van der Waals surface area contributed by atoms with Gasteiger partial charge in [-0.05, 0) is 69.7 Å². The first kappa shape index (κ1) is 18.5. The monoisotopic (exact) mass is 357 g/mol. The van der Waals surface area contributed by atoms with Crippen LogP contribution in [-0.4, -0.2) is 42.1 Å². The average Bonchev–Trinajstić information content (AvgIpc) is 2.58. The molecule has 1 saturated heterocycles. The number of benzene rings is 1. The highest BCUT2D eigenvalue weighted by Crippen LogP contribution is 2.38. The summed E-state index contributed by atoms with van der Waals surface area (Å²) in [5.41, 5.74) is 2.26. The Morgan fingerprint density at radius 1 is 1.27 bits per heavy atom. The van der Waals surface area contributed by atoms with Crippen LogP contribution in [0.25, 0.3) is 5.57 Å². The van der Waals surface area contributed by atoms with E-state index in [9.17, 15) is 9.59 Å². The SMILES string of the molecule is COc1ccc(C2=CC3CCCC(C2)N3C(=O)OC(C)(C)C)cc1C=O. The van der Waals surface area contributed by atoms with Crippen molar-refractivity contribution in [1.82, 2.24) is 4.90 Å². The fraction of sp³-hybridized carbons (Fsp3) is 0.524. The van der Waals surface area contributed by atoms with Crippen molar-refractivity contribution in [2.75, 3.05) is 7.11 Å². The Hall–Kier alpha value is -2.30. The lowest BCUT2D eigenvalue weighted by Crippen LogP contribution is -2.53. The number of amides is 1. The Labute approximate surface area is 155 Å². The number of carbonyl (C=O) groups is 2. The number of fused-ring (bicyclic) bond motifs is 2. The van der Waals surface area contributed by atoms with Gasteiger partial charge in [0.05, 0.1) is 18.7 Å².